The van der Waals surface area contributed by atoms with Gasteiger partial charge in [-0.1, -0.05) is 6.07 Å². The summed E-state index contributed by atoms with van der Waals surface area (Å²) < 4.78 is 40.2. The zero-order chi connectivity index (χ0) is 18.0. The van der Waals surface area contributed by atoms with E-state index in [-0.39, 0.29) is 11.7 Å². The number of benzene rings is 2. The summed E-state index contributed by atoms with van der Waals surface area (Å²) in [7, 11) is 0. The number of nitrogens with zero attached hydrogens (tertiary/aromatic N) is 1. The number of aryl methyl sites for hydroxylation is 1. The molecule has 25 heavy (non-hydrogen) atoms. The van der Waals surface area contributed by atoms with Crippen LogP contribution in [0.1, 0.15) is 15.9 Å². The maximum Gasteiger partial charge on any atom is 0.573 e. The largest absolute Gasteiger partial charge is 0.573 e. The van der Waals surface area contributed by atoms with Gasteiger partial charge < -0.3 is 10.1 Å². The number of ether oxygens (including phenoxy) is 1. The quantitative estimate of drug-likeness (QED) is 0.748. The Labute approximate surface area is 141 Å². The normalized spacial score (nSPS) is 11.4. The first-order valence-electron chi connectivity index (χ1n) is 7.34. The summed E-state index contributed by atoms with van der Waals surface area (Å²) in [6.45, 7) is 1.81. The summed E-state index contributed by atoms with van der Waals surface area (Å²) in [6, 6.07) is 12.2. The second kappa shape index (κ2) is 6.43. The number of aromatic nitrogens is 1. The smallest absolute Gasteiger partial charge is 0.406 e. The van der Waals surface area contributed by atoms with E-state index in [2.05, 4.69) is 15.0 Å². The Morgan fingerprint density at radius 2 is 1.84 bits per heavy atom. The lowest BCUT2D eigenvalue weighted by molar-refractivity contribution is -0.274. The van der Waals surface area contributed by atoms with E-state index < -0.39 is 6.36 Å². The molecule has 1 N–H and O–H groups in total. The lowest BCUT2D eigenvalue weighted by Gasteiger charge is -2.11. The van der Waals surface area contributed by atoms with Gasteiger partial charge in [0.25, 0.3) is 5.91 Å². The standard InChI is InChI=1S/C18H13F3N2O2/c1-11-9-12-3-2-8-22-16(12)10-15(11)17(24)23-13-4-6-14(7-5-13)25-18(19,20)21/h2-10H,1H3,(H,23,24). The third-order valence-electron chi connectivity index (χ3n) is 3.54. The number of amides is 1. The Kier molecular flexibility index (Phi) is 4.31. The summed E-state index contributed by atoms with van der Waals surface area (Å²) >= 11 is 0. The minimum Gasteiger partial charge on any atom is -0.406 e. The molecule has 2 aromatic carbocycles. The minimum atomic E-state index is -4.75. The van der Waals surface area contributed by atoms with E-state index in [1.807, 2.05) is 25.1 Å². The van der Waals surface area contributed by atoms with Crippen molar-refractivity contribution in [2.75, 3.05) is 5.32 Å². The van der Waals surface area contributed by atoms with Gasteiger partial charge in [0, 0.05) is 22.8 Å². The average Bonchev–Trinajstić information content (AvgIpc) is 2.54. The maximum atomic E-state index is 12.4. The van der Waals surface area contributed by atoms with Crippen LogP contribution in [0.25, 0.3) is 10.9 Å². The maximum absolute atomic E-state index is 12.4. The first-order chi connectivity index (χ1) is 11.8. The lowest BCUT2D eigenvalue weighted by Crippen LogP contribution is -2.17. The molecule has 0 saturated heterocycles. The predicted octanol–water partition coefficient (Wildman–Crippen LogP) is 4.69. The van der Waals surface area contributed by atoms with Crippen molar-refractivity contribution in [2.45, 2.75) is 13.3 Å². The van der Waals surface area contributed by atoms with E-state index in [1.54, 1.807) is 12.3 Å². The van der Waals surface area contributed by atoms with Crippen LogP contribution < -0.4 is 10.1 Å². The number of nitrogens with one attached hydrogen (secondary N) is 1. The first-order valence-corrected chi connectivity index (χ1v) is 7.34. The molecular weight excluding hydrogens is 333 g/mol. The molecule has 0 aliphatic rings. The zero-order valence-corrected chi connectivity index (χ0v) is 13.1. The summed E-state index contributed by atoms with van der Waals surface area (Å²) in [5, 5.41) is 3.57. The minimum absolute atomic E-state index is 0.350. The lowest BCUT2D eigenvalue weighted by atomic mass is 10.0. The van der Waals surface area contributed by atoms with Gasteiger partial charge in [0.05, 0.1) is 5.52 Å². The van der Waals surface area contributed by atoms with Crippen LogP contribution in [0.5, 0.6) is 5.75 Å². The highest BCUT2D eigenvalue weighted by molar-refractivity contribution is 6.07. The Morgan fingerprint density at radius 1 is 1.12 bits per heavy atom. The van der Waals surface area contributed by atoms with Crippen LogP contribution in [0.3, 0.4) is 0 Å². The highest BCUT2D eigenvalue weighted by Gasteiger charge is 2.30. The van der Waals surface area contributed by atoms with Crippen LogP contribution in [-0.2, 0) is 0 Å². The Bertz CT molecular complexity index is 922. The van der Waals surface area contributed by atoms with Crippen molar-refractivity contribution in [2.24, 2.45) is 0 Å². The molecule has 7 heteroatoms. The van der Waals surface area contributed by atoms with Crippen LogP contribution >= 0.6 is 0 Å². The SMILES string of the molecule is Cc1cc2cccnc2cc1C(=O)Nc1ccc(OC(F)(F)F)cc1. The number of hydrogen-bond donors (Lipinski definition) is 1. The third kappa shape index (κ3) is 4.06. The average molecular weight is 346 g/mol. The molecule has 1 heterocycles. The van der Waals surface area contributed by atoms with Crippen molar-refractivity contribution in [3.63, 3.8) is 0 Å². The van der Waals surface area contributed by atoms with Gasteiger partial charge in [0.15, 0.2) is 0 Å². The van der Waals surface area contributed by atoms with E-state index >= 15 is 0 Å². The van der Waals surface area contributed by atoms with E-state index in [1.165, 1.54) is 12.1 Å². The molecule has 0 fully saturated rings. The van der Waals surface area contributed by atoms with Gasteiger partial charge in [-0.15, -0.1) is 13.2 Å². The van der Waals surface area contributed by atoms with Gasteiger partial charge in [-0.25, -0.2) is 0 Å². The first kappa shape index (κ1) is 16.8. The number of alkyl halides is 3. The molecule has 0 saturated carbocycles. The number of carbonyl (C=O) groups is 1. The summed E-state index contributed by atoms with van der Waals surface area (Å²) in [4.78, 5) is 16.7. The Hall–Kier alpha value is -3.09. The van der Waals surface area contributed by atoms with Gasteiger partial charge in [0.2, 0.25) is 0 Å². The van der Waals surface area contributed by atoms with Crippen LogP contribution in [0.4, 0.5) is 18.9 Å². The summed E-state index contributed by atoms with van der Waals surface area (Å²) in [5.41, 5.74) is 2.27. The van der Waals surface area contributed by atoms with Crippen LogP contribution in [0.2, 0.25) is 0 Å². The molecule has 128 valence electrons. The van der Waals surface area contributed by atoms with Crippen molar-refractivity contribution in [3.8, 4) is 5.75 Å². The van der Waals surface area contributed by atoms with Crippen molar-refractivity contribution < 1.29 is 22.7 Å². The van der Waals surface area contributed by atoms with Gasteiger partial charge in [-0.3, -0.25) is 9.78 Å². The zero-order valence-electron chi connectivity index (χ0n) is 13.1. The molecule has 0 aliphatic heterocycles. The molecule has 0 atom stereocenters. The number of halogens is 3. The van der Waals surface area contributed by atoms with Gasteiger partial charge in [-0.05, 0) is 55.0 Å². The second-order valence-electron chi connectivity index (χ2n) is 5.39. The second-order valence-corrected chi connectivity index (χ2v) is 5.39. The van der Waals surface area contributed by atoms with Gasteiger partial charge >= 0.3 is 6.36 Å². The van der Waals surface area contributed by atoms with E-state index in [0.717, 1.165) is 23.1 Å². The topological polar surface area (TPSA) is 51.2 Å². The Balaban J connectivity index is 1.79. The predicted molar refractivity (Wildman–Crippen MR) is 87.6 cm³/mol. The van der Waals surface area contributed by atoms with Crippen molar-refractivity contribution in [1.29, 1.82) is 0 Å². The van der Waals surface area contributed by atoms with E-state index in [4.69, 9.17) is 0 Å². The monoisotopic (exact) mass is 346 g/mol. The molecule has 3 rings (SSSR count). The molecule has 0 aliphatic carbocycles. The fourth-order valence-corrected chi connectivity index (χ4v) is 2.42. The Morgan fingerprint density at radius 3 is 2.52 bits per heavy atom. The number of fused-ring (bicyclic) bond motifs is 1. The van der Waals surface area contributed by atoms with Crippen molar-refractivity contribution >= 4 is 22.5 Å². The van der Waals surface area contributed by atoms with Gasteiger partial charge in [-0.2, -0.15) is 0 Å². The summed E-state index contributed by atoms with van der Waals surface area (Å²) in [6.07, 6.45) is -3.11. The number of pyridine rings is 1. The third-order valence-corrected chi connectivity index (χ3v) is 3.54. The highest BCUT2D eigenvalue weighted by Crippen LogP contribution is 2.24. The van der Waals surface area contributed by atoms with Crippen LogP contribution in [0.15, 0.2) is 54.7 Å². The van der Waals surface area contributed by atoms with Gasteiger partial charge in [0.1, 0.15) is 5.75 Å². The molecule has 0 radical (unpaired) electrons. The van der Waals surface area contributed by atoms with Crippen LogP contribution in [0, 0.1) is 6.92 Å². The number of carbonyl (C=O) groups excluding carboxylic acids is 1. The molecule has 4 nitrogen and oxygen atoms in total. The number of anilines is 1. The molecule has 1 aromatic heterocycles. The molecule has 0 bridgehead atoms. The molecule has 3 aromatic rings. The summed E-state index contributed by atoms with van der Waals surface area (Å²) in [5.74, 6) is -0.717. The van der Waals surface area contributed by atoms with Crippen molar-refractivity contribution in [1.82, 2.24) is 4.98 Å². The van der Waals surface area contributed by atoms with Crippen molar-refractivity contribution in [3.05, 3.63) is 65.9 Å². The molecule has 1 amide bonds. The highest BCUT2D eigenvalue weighted by atomic mass is 19.4. The number of rotatable bonds is 3. The number of hydrogen-bond acceptors (Lipinski definition) is 3. The fraction of sp³-hybridized carbons (Fsp3) is 0.111. The van der Waals surface area contributed by atoms with E-state index in [9.17, 15) is 18.0 Å². The van der Waals surface area contributed by atoms with Crippen LogP contribution in [-0.4, -0.2) is 17.3 Å². The molecule has 0 spiro atoms. The van der Waals surface area contributed by atoms with E-state index in [0.29, 0.717) is 16.8 Å². The molecule has 0 unspecified atom stereocenters. The fourth-order valence-electron chi connectivity index (χ4n) is 2.42. The molecular formula is C18H13F3N2O2.